The highest BCUT2D eigenvalue weighted by atomic mass is 35.5. The number of amidine groups is 1. The molecule has 10 heteroatoms. The van der Waals surface area contributed by atoms with E-state index in [1.165, 1.54) is 23.9 Å². The van der Waals surface area contributed by atoms with Crippen molar-refractivity contribution in [2.75, 3.05) is 11.1 Å². The maximum Gasteiger partial charge on any atom is 0.234 e. The SMILES string of the molecule is O=C(CSC1=NNC2N(Cc3ccc(F)cc3)C(=O)C3CCCCC3N12)Nc1ccc(Cl)cc1. The van der Waals surface area contributed by atoms with Crippen molar-refractivity contribution >= 4 is 46.0 Å². The van der Waals surface area contributed by atoms with Crippen LogP contribution in [-0.2, 0) is 16.1 Å². The second-order valence-corrected chi connectivity index (χ2v) is 10.1. The summed E-state index contributed by atoms with van der Waals surface area (Å²) in [6.07, 6.45) is 3.41. The third-order valence-corrected chi connectivity index (χ3v) is 7.69. The van der Waals surface area contributed by atoms with Gasteiger partial charge in [-0.1, -0.05) is 48.3 Å². The number of rotatable bonds is 5. The summed E-state index contributed by atoms with van der Waals surface area (Å²) >= 11 is 7.26. The Morgan fingerprint density at radius 1 is 1.15 bits per heavy atom. The lowest BCUT2D eigenvalue weighted by Crippen LogP contribution is -2.66. The highest BCUT2D eigenvalue weighted by Gasteiger charge is 2.50. The lowest BCUT2D eigenvalue weighted by atomic mass is 9.81. The zero-order valence-corrected chi connectivity index (χ0v) is 20.0. The molecule has 0 radical (unpaired) electrons. The standard InChI is InChI=1S/C24H25ClFN5O2S/c25-16-7-11-18(12-8-16)27-21(32)14-34-24-29-28-23-30(13-15-5-9-17(26)10-6-15)22(33)19-3-1-2-4-20(19)31(23)24/h5-12,19-20,23,28H,1-4,13-14H2,(H,27,32). The Balaban J connectivity index is 1.29. The van der Waals surface area contributed by atoms with Crippen molar-refractivity contribution in [2.45, 2.75) is 44.6 Å². The number of carbonyl (C=O) groups excluding carboxylic acids is 2. The third-order valence-electron chi connectivity index (χ3n) is 6.47. The lowest BCUT2D eigenvalue weighted by Gasteiger charge is -2.50. The van der Waals surface area contributed by atoms with Gasteiger partial charge in [0, 0.05) is 23.3 Å². The number of anilines is 1. The first-order valence-corrected chi connectivity index (χ1v) is 12.7. The molecule has 178 valence electrons. The van der Waals surface area contributed by atoms with Crippen LogP contribution in [0.5, 0.6) is 0 Å². The van der Waals surface area contributed by atoms with Gasteiger partial charge in [0.15, 0.2) is 11.5 Å². The normalized spacial score (nSPS) is 23.6. The molecule has 2 heterocycles. The number of thioether (sulfide) groups is 1. The molecule has 34 heavy (non-hydrogen) atoms. The van der Waals surface area contributed by atoms with Crippen LogP contribution < -0.4 is 10.7 Å². The molecule has 2 fully saturated rings. The van der Waals surface area contributed by atoms with Crippen molar-refractivity contribution < 1.29 is 14.0 Å². The van der Waals surface area contributed by atoms with E-state index in [2.05, 4.69) is 20.7 Å². The molecule has 1 saturated carbocycles. The number of hydrogen-bond donors (Lipinski definition) is 2. The van der Waals surface area contributed by atoms with Crippen molar-refractivity contribution in [1.29, 1.82) is 0 Å². The van der Waals surface area contributed by atoms with Gasteiger partial charge in [0.2, 0.25) is 11.8 Å². The van der Waals surface area contributed by atoms with E-state index in [9.17, 15) is 14.0 Å². The Hall–Kier alpha value is -2.78. The minimum Gasteiger partial charge on any atom is -0.325 e. The molecule has 5 rings (SSSR count). The number of halogens is 2. The molecule has 0 aromatic heterocycles. The summed E-state index contributed by atoms with van der Waals surface area (Å²) in [7, 11) is 0. The van der Waals surface area contributed by atoms with Crippen LogP contribution in [0.15, 0.2) is 53.6 Å². The predicted molar refractivity (Wildman–Crippen MR) is 131 cm³/mol. The van der Waals surface area contributed by atoms with Gasteiger partial charge in [0.1, 0.15) is 5.82 Å². The van der Waals surface area contributed by atoms with E-state index in [1.54, 1.807) is 41.3 Å². The van der Waals surface area contributed by atoms with Gasteiger partial charge in [-0.25, -0.2) is 4.39 Å². The van der Waals surface area contributed by atoms with Gasteiger partial charge >= 0.3 is 0 Å². The number of hydrazone groups is 1. The topological polar surface area (TPSA) is 77.0 Å². The molecule has 2 N–H and O–H groups in total. The van der Waals surface area contributed by atoms with Crippen LogP contribution in [-0.4, -0.2) is 44.9 Å². The molecular formula is C24H25ClFN5O2S. The van der Waals surface area contributed by atoms with Crippen LogP contribution in [0, 0.1) is 11.7 Å². The molecule has 2 aliphatic heterocycles. The third kappa shape index (κ3) is 4.72. The van der Waals surface area contributed by atoms with Crippen molar-refractivity contribution in [2.24, 2.45) is 11.0 Å². The summed E-state index contributed by atoms with van der Waals surface area (Å²) in [4.78, 5) is 29.9. The molecule has 7 nitrogen and oxygen atoms in total. The van der Waals surface area contributed by atoms with Gasteiger partial charge in [-0.05, 0) is 54.8 Å². The fraction of sp³-hybridized carbons (Fsp3) is 0.375. The Labute approximate surface area is 206 Å². The maximum absolute atomic E-state index is 13.4. The van der Waals surface area contributed by atoms with E-state index in [4.69, 9.17) is 11.6 Å². The zero-order valence-electron chi connectivity index (χ0n) is 18.4. The molecular weight excluding hydrogens is 477 g/mol. The fourth-order valence-electron chi connectivity index (χ4n) is 4.86. The van der Waals surface area contributed by atoms with E-state index < -0.39 is 6.29 Å². The number of benzene rings is 2. The zero-order chi connectivity index (χ0) is 23.7. The number of nitrogens with one attached hydrogen (secondary N) is 2. The second kappa shape index (κ2) is 9.84. The van der Waals surface area contributed by atoms with Crippen LogP contribution in [0.4, 0.5) is 10.1 Å². The minimum absolute atomic E-state index is 0.0521. The summed E-state index contributed by atoms with van der Waals surface area (Å²) in [6, 6.07) is 13.2. The van der Waals surface area contributed by atoms with Crippen LogP contribution in [0.3, 0.4) is 0 Å². The first kappa shape index (κ1) is 23.0. The van der Waals surface area contributed by atoms with Gasteiger partial charge in [0.05, 0.1) is 11.7 Å². The summed E-state index contributed by atoms with van der Waals surface area (Å²) in [5.74, 6) is -0.269. The Morgan fingerprint density at radius 2 is 1.88 bits per heavy atom. The predicted octanol–water partition coefficient (Wildman–Crippen LogP) is 4.21. The van der Waals surface area contributed by atoms with E-state index in [-0.39, 0.29) is 35.3 Å². The summed E-state index contributed by atoms with van der Waals surface area (Å²) in [5, 5.41) is 8.69. The van der Waals surface area contributed by atoms with Crippen LogP contribution in [0.1, 0.15) is 31.2 Å². The van der Waals surface area contributed by atoms with E-state index >= 15 is 0 Å². The van der Waals surface area contributed by atoms with E-state index in [1.807, 2.05) is 0 Å². The van der Waals surface area contributed by atoms with E-state index in [0.717, 1.165) is 31.2 Å². The monoisotopic (exact) mass is 501 g/mol. The van der Waals surface area contributed by atoms with Gasteiger partial charge < -0.3 is 10.2 Å². The molecule has 2 amide bonds. The number of fused-ring (bicyclic) bond motifs is 3. The largest absolute Gasteiger partial charge is 0.325 e. The number of nitrogens with zero attached hydrogens (tertiary/aromatic N) is 3. The smallest absolute Gasteiger partial charge is 0.234 e. The Bertz CT molecular complexity index is 1100. The van der Waals surface area contributed by atoms with Crippen LogP contribution >= 0.6 is 23.4 Å². The Kier molecular flexibility index (Phi) is 6.65. The molecule has 0 spiro atoms. The first-order valence-electron chi connectivity index (χ1n) is 11.3. The summed E-state index contributed by atoms with van der Waals surface area (Å²) in [6.45, 7) is 0.362. The highest BCUT2D eigenvalue weighted by molar-refractivity contribution is 8.14. The van der Waals surface area contributed by atoms with Gasteiger partial charge in [-0.2, -0.15) is 5.10 Å². The Morgan fingerprint density at radius 3 is 2.65 bits per heavy atom. The summed E-state index contributed by atoms with van der Waals surface area (Å²) < 4.78 is 13.4. The number of carbonyl (C=O) groups is 2. The number of hydrogen-bond acceptors (Lipinski definition) is 6. The first-order chi connectivity index (χ1) is 16.5. The number of amides is 2. The molecule has 0 bridgehead atoms. The lowest BCUT2D eigenvalue weighted by molar-refractivity contribution is -0.156. The second-order valence-electron chi connectivity index (χ2n) is 8.70. The van der Waals surface area contributed by atoms with Crippen molar-refractivity contribution in [3.63, 3.8) is 0 Å². The molecule has 1 aliphatic carbocycles. The van der Waals surface area contributed by atoms with E-state index in [0.29, 0.717) is 22.4 Å². The molecule has 3 atom stereocenters. The molecule has 1 saturated heterocycles. The average Bonchev–Trinajstić information content (AvgIpc) is 3.27. The maximum atomic E-state index is 13.4. The quantitative estimate of drug-likeness (QED) is 0.641. The molecule has 2 aromatic carbocycles. The molecule has 2 aromatic rings. The van der Waals surface area contributed by atoms with Crippen molar-refractivity contribution in [3.8, 4) is 0 Å². The van der Waals surface area contributed by atoms with Crippen molar-refractivity contribution in [1.82, 2.24) is 15.2 Å². The minimum atomic E-state index is -0.418. The summed E-state index contributed by atoms with van der Waals surface area (Å²) in [5.41, 5.74) is 4.65. The van der Waals surface area contributed by atoms with Gasteiger partial charge in [-0.15, -0.1) is 0 Å². The highest BCUT2D eigenvalue weighted by Crippen LogP contribution is 2.39. The van der Waals surface area contributed by atoms with Crippen molar-refractivity contribution in [3.05, 3.63) is 64.9 Å². The van der Waals surface area contributed by atoms with Gasteiger partial charge in [-0.3, -0.25) is 19.9 Å². The fourth-order valence-corrected chi connectivity index (χ4v) is 5.82. The van der Waals surface area contributed by atoms with Gasteiger partial charge in [0.25, 0.3) is 0 Å². The van der Waals surface area contributed by atoms with Crippen LogP contribution in [0.25, 0.3) is 0 Å². The van der Waals surface area contributed by atoms with Crippen LogP contribution in [0.2, 0.25) is 5.02 Å². The molecule has 3 aliphatic rings. The molecule has 3 unspecified atom stereocenters. The average molecular weight is 502 g/mol.